The van der Waals surface area contributed by atoms with Gasteiger partial charge in [-0.25, -0.2) is 19.9 Å². The summed E-state index contributed by atoms with van der Waals surface area (Å²) >= 11 is 0. The van der Waals surface area contributed by atoms with Crippen molar-refractivity contribution in [1.29, 1.82) is 0 Å². The molecule has 0 bridgehead atoms. The van der Waals surface area contributed by atoms with Gasteiger partial charge < -0.3 is 30.4 Å². The monoisotopic (exact) mass is 436 g/mol. The number of aromatic amines is 1. The van der Waals surface area contributed by atoms with E-state index in [2.05, 4.69) is 24.9 Å². The second-order valence-electron chi connectivity index (χ2n) is 8.58. The van der Waals surface area contributed by atoms with Crippen molar-refractivity contribution in [2.24, 2.45) is 0 Å². The number of β-amino-alcohol motifs (C(OH)–C–C–N with tert-alkyl or cyclic N) is 1. The summed E-state index contributed by atoms with van der Waals surface area (Å²) in [6, 6.07) is 4.65. The van der Waals surface area contributed by atoms with Gasteiger partial charge in [0.1, 0.15) is 17.7 Å². The molecule has 11 nitrogen and oxygen atoms in total. The van der Waals surface area contributed by atoms with E-state index in [1.807, 2.05) is 6.92 Å². The fraction of sp³-hybridized carbons (Fsp3) is 0.381. The van der Waals surface area contributed by atoms with Crippen molar-refractivity contribution in [3.8, 4) is 0 Å². The number of nitrogens with zero attached hydrogens (tertiary/aromatic N) is 6. The van der Waals surface area contributed by atoms with Gasteiger partial charge in [-0.15, -0.1) is 0 Å². The number of nitrogen functional groups attached to an aromatic ring is 1. The highest BCUT2D eigenvalue weighted by molar-refractivity contribution is 5.97. The Morgan fingerprint density at radius 2 is 2.09 bits per heavy atom. The maximum atomic E-state index is 13.4. The first-order chi connectivity index (χ1) is 15.2. The van der Waals surface area contributed by atoms with E-state index in [0.29, 0.717) is 16.7 Å². The van der Waals surface area contributed by atoms with Crippen LogP contribution in [-0.2, 0) is 0 Å². The van der Waals surface area contributed by atoms with Crippen molar-refractivity contribution in [2.45, 2.75) is 38.0 Å². The lowest BCUT2D eigenvalue weighted by atomic mass is 9.91. The van der Waals surface area contributed by atoms with Crippen LogP contribution < -0.4 is 5.73 Å². The average molecular weight is 436 g/mol. The summed E-state index contributed by atoms with van der Waals surface area (Å²) < 4.78 is 1.70. The number of aliphatic hydroxyl groups excluding tert-OH is 1. The Morgan fingerprint density at radius 1 is 1.28 bits per heavy atom. The molecule has 0 aliphatic carbocycles. The summed E-state index contributed by atoms with van der Waals surface area (Å²) in [6.07, 6.45) is 2.06. The number of hydrogen-bond donors (Lipinski definition) is 4. The van der Waals surface area contributed by atoms with Crippen LogP contribution in [0.5, 0.6) is 0 Å². The molecule has 5 N–H and O–H groups in total. The molecule has 1 amide bonds. The summed E-state index contributed by atoms with van der Waals surface area (Å²) in [4.78, 5) is 35.0. The first-order valence-electron chi connectivity index (χ1n) is 10.3. The van der Waals surface area contributed by atoms with Crippen molar-refractivity contribution in [2.75, 3.05) is 18.8 Å². The number of imidazole rings is 2. The summed E-state index contributed by atoms with van der Waals surface area (Å²) in [5.41, 5.74) is 7.48. The largest absolute Gasteiger partial charge is 0.391 e. The zero-order valence-electron chi connectivity index (χ0n) is 17.7. The fourth-order valence-electron chi connectivity index (χ4n) is 4.52. The molecule has 5 rings (SSSR count). The first-order valence-corrected chi connectivity index (χ1v) is 10.3. The lowest BCUT2D eigenvalue weighted by Gasteiger charge is -2.34. The van der Waals surface area contributed by atoms with Crippen LogP contribution in [0.2, 0.25) is 0 Å². The molecule has 0 saturated carbocycles. The van der Waals surface area contributed by atoms with Gasteiger partial charge in [0.15, 0.2) is 11.5 Å². The highest BCUT2D eigenvalue weighted by Crippen LogP contribution is 2.34. The van der Waals surface area contributed by atoms with Crippen molar-refractivity contribution in [3.63, 3.8) is 0 Å². The number of nitrogens with one attached hydrogen (secondary N) is 1. The zero-order chi connectivity index (χ0) is 22.6. The van der Waals surface area contributed by atoms with E-state index >= 15 is 0 Å². The third-order valence-corrected chi connectivity index (χ3v) is 6.05. The van der Waals surface area contributed by atoms with E-state index in [-0.39, 0.29) is 31.2 Å². The van der Waals surface area contributed by atoms with Gasteiger partial charge in [0.05, 0.1) is 35.1 Å². The van der Waals surface area contributed by atoms with Crippen LogP contribution in [0.25, 0.3) is 22.2 Å². The Kier molecular flexibility index (Phi) is 4.60. The molecule has 3 atom stereocenters. The topological polar surface area (TPSA) is 159 Å². The first kappa shape index (κ1) is 20.3. The van der Waals surface area contributed by atoms with Crippen LogP contribution in [0.4, 0.5) is 5.82 Å². The van der Waals surface area contributed by atoms with Crippen LogP contribution in [0.1, 0.15) is 35.6 Å². The molecule has 3 aromatic heterocycles. The molecule has 4 aromatic rings. The van der Waals surface area contributed by atoms with Crippen molar-refractivity contribution in [3.05, 3.63) is 42.2 Å². The van der Waals surface area contributed by atoms with E-state index in [1.165, 1.54) is 12.7 Å². The Morgan fingerprint density at radius 3 is 2.91 bits per heavy atom. The Labute approximate surface area is 182 Å². The molecule has 166 valence electrons. The average Bonchev–Trinajstić information content (AvgIpc) is 3.29. The van der Waals surface area contributed by atoms with Gasteiger partial charge in [-0.3, -0.25) is 4.79 Å². The van der Waals surface area contributed by atoms with Crippen LogP contribution >= 0.6 is 0 Å². The Bertz CT molecular complexity index is 1330. The molecular formula is C21H24N8O3. The molecule has 1 aliphatic heterocycles. The van der Waals surface area contributed by atoms with Gasteiger partial charge in [-0.05, 0) is 32.0 Å². The van der Waals surface area contributed by atoms with Crippen molar-refractivity contribution >= 4 is 33.9 Å². The van der Waals surface area contributed by atoms with Crippen LogP contribution in [0.3, 0.4) is 0 Å². The predicted molar refractivity (Wildman–Crippen MR) is 117 cm³/mol. The van der Waals surface area contributed by atoms with Gasteiger partial charge >= 0.3 is 0 Å². The maximum absolute atomic E-state index is 13.4. The van der Waals surface area contributed by atoms with Gasteiger partial charge in [0, 0.05) is 25.1 Å². The number of benzene rings is 1. The molecule has 11 heteroatoms. The highest BCUT2D eigenvalue weighted by Gasteiger charge is 2.42. The lowest BCUT2D eigenvalue weighted by Crippen LogP contribution is -2.42. The van der Waals surface area contributed by atoms with Gasteiger partial charge in [0.2, 0.25) is 0 Å². The number of carbonyl (C=O) groups excluding carboxylic acids is 1. The molecule has 1 aromatic carbocycles. The second kappa shape index (κ2) is 7.24. The summed E-state index contributed by atoms with van der Waals surface area (Å²) in [5, 5.41) is 21.9. The molecule has 0 unspecified atom stereocenters. The van der Waals surface area contributed by atoms with E-state index in [0.717, 1.165) is 16.9 Å². The second-order valence-corrected chi connectivity index (χ2v) is 8.58. The minimum atomic E-state index is -1.33. The molecule has 0 radical (unpaired) electrons. The number of likely N-dealkylation sites (tertiary alicyclic amines) is 1. The predicted octanol–water partition coefficient (Wildman–Crippen LogP) is 0.792. The molecule has 1 saturated heterocycles. The number of rotatable bonds is 2. The Hall–Kier alpha value is -3.57. The maximum Gasteiger partial charge on any atom is 0.254 e. The lowest BCUT2D eigenvalue weighted by molar-refractivity contribution is -0.0217. The summed E-state index contributed by atoms with van der Waals surface area (Å²) in [5.74, 6) is 0.747. The van der Waals surface area contributed by atoms with E-state index in [9.17, 15) is 15.0 Å². The molecule has 32 heavy (non-hydrogen) atoms. The number of fused-ring (bicyclic) bond motifs is 2. The highest BCUT2D eigenvalue weighted by atomic mass is 16.3. The smallest absolute Gasteiger partial charge is 0.254 e. The van der Waals surface area contributed by atoms with Crippen LogP contribution in [0.15, 0.2) is 30.9 Å². The third-order valence-electron chi connectivity index (χ3n) is 6.05. The summed E-state index contributed by atoms with van der Waals surface area (Å²) in [6.45, 7) is 3.74. The number of carbonyl (C=O) groups is 1. The minimum Gasteiger partial charge on any atom is -0.391 e. The van der Waals surface area contributed by atoms with Crippen molar-refractivity contribution in [1.82, 2.24) is 34.4 Å². The number of aliphatic hydroxyl groups is 2. The van der Waals surface area contributed by atoms with E-state index in [1.54, 1.807) is 34.6 Å². The number of aryl methyl sites for hydroxylation is 1. The standard InChI is InChI=1S/C21H24N8O3/c1-11-26-14-4-3-12(5-15(14)27-11)20(31)28-7-13(30)6-21(2,32)16(8-28)29-10-25-17-18(22)23-9-24-19(17)29/h3-5,9-10,13,16,30,32H,6-8H2,1-2H3,(H,26,27)(H2,22,23,24)/t13-,16+,21+/m1/s1. The van der Waals surface area contributed by atoms with Crippen LogP contribution in [0, 0.1) is 6.92 Å². The van der Waals surface area contributed by atoms with Crippen LogP contribution in [-0.4, -0.2) is 75.3 Å². The molecule has 1 fully saturated rings. The SMILES string of the molecule is Cc1nc2ccc(C(=O)N3C[C@H](O)C[C@](C)(O)[C@@H](n4cnc5c(N)ncnc54)C3)cc2[nH]1. The number of nitrogens with two attached hydrogens (primary N) is 1. The number of aromatic nitrogens is 6. The quantitative estimate of drug-likeness (QED) is 0.359. The number of hydrogen-bond acceptors (Lipinski definition) is 8. The number of amides is 1. The zero-order valence-corrected chi connectivity index (χ0v) is 17.7. The molecule has 1 aliphatic rings. The van der Waals surface area contributed by atoms with Gasteiger partial charge in [-0.2, -0.15) is 0 Å². The summed E-state index contributed by atoms with van der Waals surface area (Å²) in [7, 11) is 0. The van der Waals surface area contributed by atoms with Gasteiger partial charge in [0.25, 0.3) is 5.91 Å². The molecule has 0 spiro atoms. The fourth-order valence-corrected chi connectivity index (χ4v) is 4.52. The third kappa shape index (κ3) is 3.35. The molecular weight excluding hydrogens is 412 g/mol. The Balaban J connectivity index is 1.54. The van der Waals surface area contributed by atoms with E-state index < -0.39 is 17.7 Å². The van der Waals surface area contributed by atoms with Crippen molar-refractivity contribution < 1.29 is 15.0 Å². The number of H-pyrrole nitrogens is 1. The number of anilines is 1. The normalized spacial score (nSPS) is 24.2. The van der Waals surface area contributed by atoms with E-state index in [4.69, 9.17) is 5.73 Å². The molecule has 4 heterocycles. The minimum absolute atomic E-state index is 0.0838. The van der Waals surface area contributed by atoms with Gasteiger partial charge in [-0.1, -0.05) is 0 Å².